The first-order valence-electron chi connectivity index (χ1n) is 16.4. The number of unbranched alkanes of at least 4 members (excludes halogenated alkanes) is 3. The molecule has 9 nitrogen and oxygen atoms in total. The van der Waals surface area contributed by atoms with Gasteiger partial charge in [-0.25, -0.2) is 14.8 Å². The second-order valence-electron chi connectivity index (χ2n) is 12.1. The fourth-order valence-corrected chi connectivity index (χ4v) is 6.30. The van der Waals surface area contributed by atoms with Gasteiger partial charge >= 0.3 is 5.97 Å². The van der Waals surface area contributed by atoms with Gasteiger partial charge in [-0.3, -0.25) is 9.78 Å². The molecule has 5 rings (SSSR count). The molecule has 3 aromatic heterocycles. The van der Waals surface area contributed by atoms with Gasteiger partial charge in [0, 0.05) is 47.3 Å². The standard InChI is InChI=1S/C37H43ClN6O3/c1-5-6-18-30-43-29-17-13-20-40-35(29)44(30)21-10-7-11-22-47-37(46)33-32(27-15-8-9-16-28(27)38)31(25(4)41-34(33)24(2)3)36(45)42-26-14-12-19-39-23-26/h8-9,12-17,19-20,23-24,32,41H,5-7,10-11,18,21-22H2,1-4H3,(H,42,45). The van der Waals surface area contributed by atoms with E-state index in [9.17, 15) is 9.59 Å². The molecule has 10 heteroatoms. The second kappa shape index (κ2) is 15.9. The number of esters is 1. The van der Waals surface area contributed by atoms with E-state index < -0.39 is 11.9 Å². The lowest BCUT2D eigenvalue weighted by Crippen LogP contribution is -2.36. The molecule has 1 unspecified atom stereocenters. The molecular formula is C37H43ClN6O3. The van der Waals surface area contributed by atoms with E-state index in [1.165, 1.54) is 0 Å². The zero-order valence-electron chi connectivity index (χ0n) is 27.6. The Labute approximate surface area is 281 Å². The number of allylic oxidation sites excluding steroid dienone is 2. The summed E-state index contributed by atoms with van der Waals surface area (Å²) in [7, 11) is 0. The van der Waals surface area contributed by atoms with Gasteiger partial charge < -0.3 is 19.9 Å². The van der Waals surface area contributed by atoms with Crippen LogP contribution in [0.5, 0.6) is 0 Å². The Bertz CT molecular complexity index is 1780. The number of nitrogens with one attached hydrogen (secondary N) is 2. The number of carbonyl (C=O) groups excluding carboxylic acids is 2. The van der Waals surface area contributed by atoms with Crippen LogP contribution in [0.15, 0.2) is 89.7 Å². The largest absolute Gasteiger partial charge is 0.462 e. The molecule has 2 N–H and O–H groups in total. The number of ether oxygens (including phenoxy) is 1. The molecule has 1 aliphatic heterocycles. The normalized spacial score (nSPS) is 14.9. The number of benzene rings is 1. The third-order valence-corrected chi connectivity index (χ3v) is 8.71. The molecule has 0 saturated carbocycles. The van der Waals surface area contributed by atoms with Crippen LogP contribution >= 0.6 is 11.6 Å². The van der Waals surface area contributed by atoms with Crippen LogP contribution in [0, 0.1) is 5.92 Å². The molecule has 0 spiro atoms. The average molecular weight is 655 g/mol. The first kappa shape index (κ1) is 33.9. The molecule has 0 bridgehead atoms. The number of amides is 1. The molecule has 4 aromatic rings. The van der Waals surface area contributed by atoms with Gasteiger partial charge in [-0.2, -0.15) is 0 Å². The minimum Gasteiger partial charge on any atom is -0.462 e. The predicted molar refractivity (Wildman–Crippen MR) is 186 cm³/mol. The predicted octanol–water partition coefficient (Wildman–Crippen LogP) is 7.75. The molecule has 1 aliphatic rings. The van der Waals surface area contributed by atoms with Gasteiger partial charge in [0.2, 0.25) is 0 Å². The first-order valence-corrected chi connectivity index (χ1v) is 16.8. The Morgan fingerprint density at radius 1 is 1.02 bits per heavy atom. The van der Waals surface area contributed by atoms with Crippen LogP contribution in [0.3, 0.4) is 0 Å². The number of rotatable bonds is 14. The van der Waals surface area contributed by atoms with Gasteiger partial charge in [0.1, 0.15) is 11.3 Å². The number of halogens is 1. The van der Waals surface area contributed by atoms with E-state index in [2.05, 4.69) is 32.1 Å². The van der Waals surface area contributed by atoms with Crippen molar-refractivity contribution < 1.29 is 14.3 Å². The monoisotopic (exact) mass is 654 g/mol. The summed E-state index contributed by atoms with van der Waals surface area (Å²) in [4.78, 5) is 41.4. The number of hydrogen-bond donors (Lipinski definition) is 2. The van der Waals surface area contributed by atoms with Crippen molar-refractivity contribution in [1.29, 1.82) is 0 Å². The third-order valence-electron chi connectivity index (χ3n) is 8.37. The molecule has 0 aliphatic carbocycles. The Hall–Kier alpha value is -4.50. The van der Waals surface area contributed by atoms with Gasteiger partial charge in [-0.05, 0) is 74.4 Å². The molecule has 0 saturated heterocycles. The number of aromatic nitrogens is 4. The maximum Gasteiger partial charge on any atom is 0.336 e. The summed E-state index contributed by atoms with van der Waals surface area (Å²) < 4.78 is 8.17. The Kier molecular flexibility index (Phi) is 11.4. The van der Waals surface area contributed by atoms with Crippen molar-refractivity contribution >= 4 is 40.3 Å². The number of aryl methyl sites for hydroxylation is 2. The van der Waals surface area contributed by atoms with E-state index in [-0.39, 0.29) is 18.4 Å². The molecule has 0 radical (unpaired) electrons. The number of imidazole rings is 1. The number of carbonyl (C=O) groups is 2. The Balaban J connectivity index is 1.31. The summed E-state index contributed by atoms with van der Waals surface area (Å²) in [5.41, 5.74) is 5.22. The number of pyridine rings is 2. The molecule has 246 valence electrons. The van der Waals surface area contributed by atoms with Crippen LogP contribution < -0.4 is 10.6 Å². The fourth-order valence-electron chi connectivity index (χ4n) is 6.05. The third kappa shape index (κ3) is 7.91. The topological polar surface area (TPSA) is 111 Å². The molecule has 1 atom stereocenters. The van der Waals surface area contributed by atoms with E-state index in [1.807, 2.05) is 57.3 Å². The summed E-state index contributed by atoms with van der Waals surface area (Å²) in [6.45, 7) is 9.12. The van der Waals surface area contributed by atoms with Gasteiger partial charge in [0.25, 0.3) is 5.91 Å². The summed E-state index contributed by atoms with van der Waals surface area (Å²) in [6.07, 6.45) is 10.6. The highest BCUT2D eigenvalue weighted by molar-refractivity contribution is 6.31. The van der Waals surface area contributed by atoms with Gasteiger partial charge in [-0.1, -0.05) is 57.0 Å². The average Bonchev–Trinajstić information content (AvgIpc) is 3.42. The lowest BCUT2D eigenvalue weighted by Gasteiger charge is -2.33. The summed E-state index contributed by atoms with van der Waals surface area (Å²) in [5, 5.41) is 6.77. The Morgan fingerprint density at radius 2 is 1.83 bits per heavy atom. The van der Waals surface area contributed by atoms with Crippen molar-refractivity contribution in [2.24, 2.45) is 5.92 Å². The number of dihydropyridines is 1. The van der Waals surface area contributed by atoms with E-state index >= 15 is 0 Å². The highest BCUT2D eigenvalue weighted by Crippen LogP contribution is 2.43. The van der Waals surface area contributed by atoms with Crippen LogP contribution in [-0.4, -0.2) is 38.0 Å². The van der Waals surface area contributed by atoms with Gasteiger partial charge in [0.15, 0.2) is 5.65 Å². The minimum absolute atomic E-state index is 0.0408. The van der Waals surface area contributed by atoms with Crippen molar-refractivity contribution in [3.63, 3.8) is 0 Å². The molecule has 47 heavy (non-hydrogen) atoms. The summed E-state index contributed by atoms with van der Waals surface area (Å²) >= 11 is 6.74. The highest BCUT2D eigenvalue weighted by atomic mass is 35.5. The zero-order valence-corrected chi connectivity index (χ0v) is 28.3. The van der Waals surface area contributed by atoms with Crippen LogP contribution in [0.25, 0.3) is 11.2 Å². The minimum atomic E-state index is -0.727. The lowest BCUT2D eigenvalue weighted by molar-refractivity contribution is -0.139. The van der Waals surface area contributed by atoms with Crippen LogP contribution in [0.1, 0.15) is 77.1 Å². The summed E-state index contributed by atoms with van der Waals surface area (Å²) in [5.74, 6) is -0.504. The zero-order chi connectivity index (χ0) is 33.3. The number of anilines is 1. The van der Waals surface area contributed by atoms with Crippen LogP contribution in [0.4, 0.5) is 5.69 Å². The van der Waals surface area contributed by atoms with Crippen molar-refractivity contribution in [2.75, 3.05) is 11.9 Å². The fraction of sp³-hybridized carbons (Fsp3) is 0.378. The quantitative estimate of drug-likeness (QED) is 0.106. The van der Waals surface area contributed by atoms with Crippen molar-refractivity contribution in [2.45, 2.75) is 78.7 Å². The van der Waals surface area contributed by atoms with Crippen LogP contribution in [0.2, 0.25) is 5.02 Å². The molecular weight excluding hydrogens is 612 g/mol. The van der Waals surface area contributed by atoms with E-state index in [0.717, 1.165) is 61.3 Å². The van der Waals surface area contributed by atoms with Crippen molar-refractivity contribution in [3.8, 4) is 0 Å². The smallest absolute Gasteiger partial charge is 0.336 e. The van der Waals surface area contributed by atoms with E-state index in [0.29, 0.717) is 39.5 Å². The lowest BCUT2D eigenvalue weighted by atomic mass is 9.78. The molecule has 0 fully saturated rings. The van der Waals surface area contributed by atoms with E-state index in [4.69, 9.17) is 21.3 Å². The van der Waals surface area contributed by atoms with Crippen molar-refractivity contribution in [3.05, 3.63) is 106 Å². The van der Waals surface area contributed by atoms with Gasteiger partial charge in [-0.15, -0.1) is 0 Å². The maximum absolute atomic E-state index is 14.0. The SMILES string of the molecule is CCCCc1nc2cccnc2n1CCCCCOC(=O)C1=C(C(C)C)NC(C)=C(C(=O)Nc2cccnc2)C1c1ccccc1Cl. The van der Waals surface area contributed by atoms with Crippen LogP contribution in [-0.2, 0) is 27.3 Å². The summed E-state index contributed by atoms with van der Waals surface area (Å²) in [6, 6.07) is 14.8. The number of hydrogen-bond acceptors (Lipinski definition) is 7. The molecule has 1 amide bonds. The van der Waals surface area contributed by atoms with Crippen molar-refractivity contribution in [1.82, 2.24) is 24.8 Å². The molecule has 1 aromatic carbocycles. The Morgan fingerprint density at radius 3 is 2.57 bits per heavy atom. The number of nitrogens with zero attached hydrogens (tertiary/aromatic N) is 4. The van der Waals surface area contributed by atoms with Gasteiger partial charge in [0.05, 0.1) is 30.0 Å². The van der Waals surface area contributed by atoms with E-state index in [1.54, 1.807) is 30.6 Å². The second-order valence-corrected chi connectivity index (χ2v) is 12.5. The first-order chi connectivity index (χ1) is 22.8. The highest BCUT2D eigenvalue weighted by Gasteiger charge is 2.39. The number of fused-ring (bicyclic) bond motifs is 1. The maximum atomic E-state index is 14.0. The molecule has 4 heterocycles.